The first kappa shape index (κ1) is 20.5. The smallest absolute Gasteiger partial charge is 0.240 e. The lowest BCUT2D eigenvalue weighted by molar-refractivity contribution is -0.114. The molecular weight excluding hydrogens is 390 g/mol. The van der Waals surface area contributed by atoms with Gasteiger partial charge in [-0.25, -0.2) is 13.1 Å². The molecule has 0 atom stereocenters. The number of sulfonamides is 1. The highest BCUT2D eigenvalue weighted by Gasteiger charge is 2.14. The molecule has 1 heterocycles. The van der Waals surface area contributed by atoms with Gasteiger partial charge in [-0.3, -0.25) is 4.79 Å². The van der Waals surface area contributed by atoms with Crippen LogP contribution in [0.25, 0.3) is 12.2 Å². The summed E-state index contributed by atoms with van der Waals surface area (Å²) in [5.41, 5.74) is 2.74. The van der Waals surface area contributed by atoms with Crippen molar-refractivity contribution in [2.45, 2.75) is 25.3 Å². The van der Waals surface area contributed by atoms with Crippen LogP contribution in [0.15, 0.2) is 64.0 Å². The second kappa shape index (κ2) is 8.85. The maximum absolute atomic E-state index is 12.5. The van der Waals surface area contributed by atoms with Crippen LogP contribution < -0.4 is 10.0 Å². The van der Waals surface area contributed by atoms with Crippen molar-refractivity contribution >= 4 is 33.8 Å². The van der Waals surface area contributed by atoms with Gasteiger partial charge in [0.15, 0.2) is 5.76 Å². The van der Waals surface area contributed by atoms with Gasteiger partial charge < -0.3 is 9.84 Å². The molecule has 150 valence electrons. The van der Waals surface area contributed by atoms with Gasteiger partial charge >= 0.3 is 0 Å². The van der Waals surface area contributed by atoms with Crippen LogP contribution in [0.4, 0.5) is 5.69 Å². The molecule has 0 aliphatic heterocycles. The third-order valence-electron chi connectivity index (χ3n) is 4.12. The topological polar surface area (TPSA) is 101 Å². The van der Waals surface area contributed by atoms with Crippen molar-refractivity contribution in [2.24, 2.45) is 0 Å². The first-order valence-corrected chi connectivity index (χ1v) is 10.4. The highest BCUT2D eigenvalue weighted by Crippen LogP contribution is 2.22. The third-order valence-corrected chi connectivity index (χ3v) is 5.53. The van der Waals surface area contributed by atoms with Gasteiger partial charge in [-0.2, -0.15) is 0 Å². The van der Waals surface area contributed by atoms with Crippen molar-refractivity contribution in [3.63, 3.8) is 0 Å². The van der Waals surface area contributed by atoms with Crippen LogP contribution in [0, 0.1) is 6.92 Å². The number of nitrogens with zero attached hydrogens (tertiary/aromatic N) is 1. The van der Waals surface area contributed by atoms with Crippen molar-refractivity contribution in [2.75, 3.05) is 5.32 Å². The fourth-order valence-electron chi connectivity index (χ4n) is 2.62. The Balaban J connectivity index is 1.70. The molecule has 0 aliphatic carbocycles. The lowest BCUT2D eigenvalue weighted by Gasteiger charge is -2.07. The second-order valence-electron chi connectivity index (χ2n) is 6.40. The summed E-state index contributed by atoms with van der Waals surface area (Å²) in [6, 6.07) is 15.8. The molecule has 0 saturated heterocycles. The molecule has 29 heavy (non-hydrogen) atoms. The van der Waals surface area contributed by atoms with E-state index < -0.39 is 10.0 Å². The van der Waals surface area contributed by atoms with Crippen molar-refractivity contribution < 1.29 is 17.7 Å². The van der Waals surface area contributed by atoms with E-state index in [4.69, 9.17) is 4.52 Å². The molecule has 0 saturated carbocycles. The van der Waals surface area contributed by atoms with Gasteiger partial charge in [-0.1, -0.05) is 53.7 Å². The number of hydrogen-bond acceptors (Lipinski definition) is 5. The Morgan fingerprint density at radius 2 is 1.76 bits per heavy atom. The van der Waals surface area contributed by atoms with E-state index >= 15 is 0 Å². The highest BCUT2D eigenvalue weighted by molar-refractivity contribution is 7.89. The lowest BCUT2D eigenvalue weighted by atomic mass is 10.2. The number of aryl methyl sites for hydroxylation is 1. The fraction of sp³-hybridized carbons (Fsp3) is 0.143. The lowest BCUT2D eigenvalue weighted by Crippen LogP contribution is -2.23. The Hall–Kier alpha value is -3.23. The number of nitrogens with one attached hydrogen (secondary N) is 2. The third kappa shape index (κ3) is 5.40. The molecule has 0 unspecified atom stereocenters. The van der Waals surface area contributed by atoms with Gasteiger partial charge in [0.2, 0.25) is 15.9 Å². The number of carbonyl (C=O) groups is 1. The molecule has 0 aliphatic rings. The van der Waals surface area contributed by atoms with Crippen LogP contribution in [-0.4, -0.2) is 19.5 Å². The Kier molecular flexibility index (Phi) is 6.26. The molecule has 2 aromatic carbocycles. The summed E-state index contributed by atoms with van der Waals surface area (Å²) >= 11 is 0. The summed E-state index contributed by atoms with van der Waals surface area (Å²) in [5, 5.41) is 6.53. The van der Waals surface area contributed by atoms with Crippen LogP contribution >= 0.6 is 0 Å². The number of hydrogen-bond donors (Lipinski definition) is 2. The largest absolute Gasteiger partial charge is 0.354 e. The standard InChI is InChI=1S/C21H21N3O4S/c1-15-21(23-16(2)25)20(28-24-15)13-10-17-8-11-19(12-9-17)29(26,27)22-14-18-6-4-3-5-7-18/h3-13,22H,14H2,1-2H3,(H,23,25)/b13-10-. The number of carbonyl (C=O) groups excluding carboxylic acids is 1. The molecule has 1 aromatic heterocycles. The molecule has 8 heteroatoms. The summed E-state index contributed by atoms with van der Waals surface area (Å²) in [6.45, 7) is 3.36. The summed E-state index contributed by atoms with van der Waals surface area (Å²) < 4.78 is 32.7. The van der Waals surface area contributed by atoms with Crippen molar-refractivity contribution in [3.05, 3.63) is 77.2 Å². The first-order chi connectivity index (χ1) is 13.8. The van der Waals surface area contributed by atoms with E-state index in [2.05, 4.69) is 15.2 Å². The SMILES string of the molecule is CC(=O)Nc1c(C)noc1/C=C\c1ccc(S(=O)(=O)NCc2ccccc2)cc1. The molecule has 3 aromatic rings. The van der Waals surface area contributed by atoms with E-state index in [1.807, 2.05) is 30.3 Å². The van der Waals surface area contributed by atoms with Crippen molar-refractivity contribution in [1.29, 1.82) is 0 Å². The second-order valence-corrected chi connectivity index (χ2v) is 8.17. The summed E-state index contributed by atoms with van der Waals surface area (Å²) in [7, 11) is -3.61. The number of amides is 1. The van der Waals surface area contributed by atoms with Gasteiger partial charge in [-0.05, 0) is 36.3 Å². The number of anilines is 1. The normalized spacial score (nSPS) is 11.7. The first-order valence-electron chi connectivity index (χ1n) is 8.91. The van der Waals surface area contributed by atoms with Crippen LogP contribution in [0.5, 0.6) is 0 Å². The minimum absolute atomic E-state index is 0.181. The minimum Gasteiger partial charge on any atom is -0.354 e. The maximum atomic E-state index is 12.5. The van der Waals surface area contributed by atoms with Crippen LogP contribution in [0.3, 0.4) is 0 Å². The van der Waals surface area contributed by atoms with Crippen LogP contribution in [0.1, 0.15) is 29.5 Å². The molecule has 0 spiro atoms. The Morgan fingerprint density at radius 3 is 2.41 bits per heavy atom. The Labute approximate surface area is 169 Å². The average molecular weight is 411 g/mol. The molecule has 0 bridgehead atoms. The summed E-state index contributed by atoms with van der Waals surface area (Å²) in [5.74, 6) is 0.197. The van der Waals surface area contributed by atoms with Crippen LogP contribution in [0.2, 0.25) is 0 Å². The number of benzene rings is 2. The van der Waals surface area contributed by atoms with Gasteiger partial charge in [0.25, 0.3) is 0 Å². The molecule has 2 N–H and O–H groups in total. The number of aromatic nitrogens is 1. The Bertz CT molecular complexity index is 1120. The highest BCUT2D eigenvalue weighted by atomic mass is 32.2. The predicted molar refractivity (Wildman–Crippen MR) is 111 cm³/mol. The van der Waals surface area contributed by atoms with Crippen molar-refractivity contribution in [1.82, 2.24) is 9.88 Å². The van der Waals surface area contributed by atoms with E-state index in [9.17, 15) is 13.2 Å². The molecule has 0 fully saturated rings. The van der Waals surface area contributed by atoms with E-state index in [0.717, 1.165) is 11.1 Å². The maximum Gasteiger partial charge on any atom is 0.240 e. The molecule has 1 amide bonds. The molecular formula is C21H21N3O4S. The minimum atomic E-state index is -3.61. The van der Waals surface area contributed by atoms with Gasteiger partial charge in [0, 0.05) is 13.5 Å². The van der Waals surface area contributed by atoms with Gasteiger partial charge in [-0.15, -0.1) is 0 Å². The molecule has 3 rings (SSSR count). The van der Waals surface area contributed by atoms with E-state index in [1.54, 1.807) is 31.2 Å². The summed E-state index contributed by atoms with van der Waals surface area (Å²) in [6.07, 6.45) is 3.42. The zero-order valence-electron chi connectivity index (χ0n) is 16.0. The summed E-state index contributed by atoms with van der Waals surface area (Å²) in [4.78, 5) is 11.5. The van der Waals surface area contributed by atoms with Gasteiger partial charge in [0.1, 0.15) is 11.4 Å². The number of rotatable bonds is 7. The van der Waals surface area contributed by atoms with Crippen molar-refractivity contribution in [3.8, 4) is 0 Å². The monoisotopic (exact) mass is 411 g/mol. The predicted octanol–water partition coefficient (Wildman–Crippen LogP) is 3.59. The van der Waals surface area contributed by atoms with E-state index in [1.165, 1.54) is 19.1 Å². The van der Waals surface area contributed by atoms with Crippen LogP contribution in [-0.2, 0) is 21.4 Å². The molecule has 0 radical (unpaired) electrons. The quantitative estimate of drug-likeness (QED) is 0.619. The van der Waals surface area contributed by atoms with E-state index in [0.29, 0.717) is 17.1 Å². The zero-order chi connectivity index (χ0) is 20.9. The average Bonchev–Trinajstić information content (AvgIpc) is 3.05. The van der Waals surface area contributed by atoms with Gasteiger partial charge in [0.05, 0.1) is 4.90 Å². The zero-order valence-corrected chi connectivity index (χ0v) is 16.9. The Morgan fingerprint density at radius 1 is 1.07 bits per heavy atom. The molecule has 7 nitrogen and oxygen atoms in total. The van der Waals surface area contributed by atoms with E-state index in [-0.39, 0.29) is 17.3 Å². The fourth-order valence-corrected chi connectivity index (χ4v) is 3.63.